The van der Waals surface area contributed by atoms with E-state index in [-0.39, 0.29) is 6.10 Å². The Balaban J connectivity index is 1.28. The summed E-state index contributed by atoms with van der Waals surface area (Å²) in [6.45, 7) is 1.85. The number of nitrogens with zero attached hydrogens (tertiary/aromatic N) is 5. The number of imidazole rings is 1. The van der Waals surface area contributed by atoms with Crippen molar-refractivity contribution in [3.8, 4) is 11.4 Å². The van der Waals surface area contributed by atoms with Gasteiger partial charge >= 0.3 is 0 Å². The lowest BCUT2D eigenvalue weighted by atomic mass is 10.2. The summed E-state index contributed by atoms with van der Waals surface area (Å²) < 4.78 is 11.4. The van der Waals surface area contributed by atoms with Crippen molar-refractivity contribution in [1.29, 1.82) is 0 Å². The van der Waals surface area contributed by atoms with Crippen LogP contribution in [0.5, 0.6) is 0 Å². The lowest BCUT2D eigenvalue weighted by Gasteiger charge is -2.32. The summed E-state index contributed by atoms with van der Waals surface area (Å²) in [6.07, 6.45) is 3.67. The summed E-state index contributed by atoms with van der Waals surface area (Å²) in [5.41, 5.74) is 2.68. The molecule has 1 unspecified atom stereocenters. The first-order valence-electron chi connectivity index (χ1n) is 10.1. The van der Waals surface area contributed by atoms with Crippen molar-refractivity contribution in [2.75, 3.05) is 24.6 Å². The van der Waals surface area contributed by atoms with E-state index in [0.29, 0.717) is 36.5 Å². The molecule has 2 aliphatic rings. The van der Waals surface area contributed by atoms with Gasteiger partial charge in [0.25, 0.3) is 5.89 Å². The highest BCUT2D eigenvalue weighted by atomic mass is 35.5. The molecule has 1 aliphatic carbocycles. The molecule has 0 radical (unpaired) electrons. The maximum atomic E-state index is 6.46. The number of hydrogen-bond acceptors (Lipinski definition) is 7. The van der Waals surface area contributed by atoms with Gasteiger partial charge in [0.05, 0.1) is 29.2 Å². The number of hydrogen-bond donors (Lipinski definition) is 1. The molecule has 9 heteroatoms. The Morgan fingerprint density at radius 1 is 1.17 bits per heavy atom. The minimum Gasteiger partial charge on any atom is -0.365 e. The Kier molecular flexibility index (Phi) is 4.21. The van der Waals surface area contributed by atoms with Crippen molar-refractivity contribution in [2.45, 2.75) is 24.9 Å². The molecule has 1 atom stereocenters. The number of aromatic amines is 1. The topological polar surface area (TPSA) is 93.0 Å². The third-order valence-corrected chi connectivity index (χ3v) is 5.85. The maximum Gasteiger partial charge on any atom is 0.257 e. The number of morpholine rings is 1. The monoisotopic (exact) mass is 422 g/mol. The molecule has 1 aromatic carbocycles. The SMILES string of the molecule is Clc1cnc(N2CCOC(c3nc(C4CC4)no3)C2)cc1-c1nc2ccccc2[nH]1. The van der Waals surface area contributed by atoms with Gasteiger partial charge in [-0.05, 0) is 31.0 Å². The van der Waals surface area contributed by atoms with Gasteiger partial charge in [0.2, 0.25) is 0 Å². The summed E-state index contributed by atoms with van der Waals surface area (Å²) in [7, 11) is 0. The molecule has 1 saturated carbocycles. The van der Waals surface area contributed by atoms with Crippen LogP contribution < -0.4 is 4.90 Å². The Hall–Kier alpha value is -2.97. The Morgan fingerprint density at radius 2 is 2.07 bits per heavy atom. The van der Waals surface area contributed by atoms with Gasteiger partial charge in [0.1, 0.15) is 11.6 Å². The summed E-state index contributed by atoms with van der Waals surface area (Å²) in [5, 5.41) is 4.66. The van der Waals surface area contributed by atoms with Gasteiger partial charge in [-0.3, -0.25) is 0 Å². The van der Waals surface area contributed by atoms with Crippen LogP contribution in [0.2, 0.25) is 5.02 Å². The second-order valence-corrected chi connectivity index (χ2v) is 8.10. The van der Waals surface area contributed by atoms with Crippen LogP contribution in [0.25, 0.3) is 22.4 Å². The zero-order chi connectivity index (χ0) is 20.1. The van der Waals surface area contributed by atoms with Gasteiger partial charge in [-0.2, -0.15) is 4.98 Å². The van der Waals surface area contributed by atoms with Crippen molar-refractivity contribution in [1.82, 2.24) is 25.1 Å². The predicted octanol–water partition coefficient (Wildman–Crippen LogP) is 4.12. The van der Waals surface area contributed by atoms with E-state index in [1.54, 1.807) is 6.20 Å². The maximum absolute atomic E-state index is 6.46. The molecule has 6 rings (SSSR count). The average molecular weight is 423 g/mol. The molecule has 0 spiro atoms. The van der Waals surface area contributed by atoms with Crippen LogP contribution in [0.15, 0.2) is 41.1 Å². The molecule has 1 N–H and O–H groups in total. The van der Waals surface area contributed by atoms with Gasteiger partial charge in [0, 0.05) is 24.2 Å². The molecule has 4 heterocycles. The van der Waals surface area contributed by atoms with Crippen LogP contribution in [0.4, 0.5) is 5.82 Å². The first kappa shape index (κ1) is 17.9. The van der Waals surface area contributed by atoms with Crippen molar-refractivity contribution in [2.24, 2.45) is 0 Å². The second-order valence-electron chi connectivity index (χ2n) is 7.70. The quantitative estimate of drug-likeness (QED) is 0.528. The molecule has 1 aliphatic heterocycles. The number of H-pyrrole nitrogens is 1. The minimum absolute atomic E-state index is 0.272. The fourth-order valence-corrected chi connectivity index (χ4v) is 3.95. The number of para-hydroxylation sites is 2. The lowest BCUT2D eigenvalue weighted by Crippen LogP contribution is -2.39. The van der Waals surface area contributed by atoms with Crippen LogP contribution in [-0.2, 0) is 4.74 Å². The van der Waals surface area contributed by atoms with Crippen molar-refractivity contribution < 1.29 is 9.26 Å². The molecule has 8 nitrogen and oxygen atoms in total. The zero-order valence-electron chi connectivity index (χ0n) is 16.1. The van der Waals surface area contributed by atoms with Crippen molar-refractivity contribution >= 4 is 28.5 Å². The Morgan fingerprint density at radius 3 is 2.93 bits per heavy atom. The van der Waals surface area contributed by atoms with E-state index in [0.717, 1.165) is 46.9 Å². The molecular formula is C21H19ClN6O2. The van der Waals surface area contributed by atoms with E-state index in [1.165, 1.54) is 0 Å². The van der Waals surface area contributed by atoms with Crippen LogP contribution in [0, 0.1) is 0 Å². The average Bonchev–Trinajstić information content (AvgIpc) is 3.35. The molecule has 30 heavy (non-hydrogen) atoms. The van der Waals surface area contributed by atoms with E-state index < -0.39 is 0 Å². The first-order chi connectivity index (χ1) is 14.7. The standard InChI is InChI=1S/C21H19ClN6O2/c22-14-10-23-18(9-13(14)20-24-15-3-1-2-4-16(15)25-20)28-7-8-29-17(11-28)21-26-19(27-30-21)12-5-6-12/h1-4,9-10,12,17H,5-8,11H2,(H,24,25). The van der Waals surface area contributed by atoms with Crippen LogP contribution in [0.1, 0.15) is 36.6 Å². The predicted molar refractivity (Wildman–Crippen MR) is 112 cm³/mol. The van der Waals surface area contributed by atoms with Gasteiger partial charge in [-0.25, -0.2) is 9.97 Å². The van der Waals surface area contributed by atoms with Crippen LogP contribution >= 0.6 is 11.6 Å². The second kappa shape index (κ2) is 7.07. The van der Waals surface area contributed by atoms with E-state index in [4.69, 9.17) is 20.9 Å². The fourth-order valence-electron chi connectivity index (χ4n) is 3.75. The molecular weight excluding hydrogens is 404 g/mol. The number of halogens is 1. The number of anilines is 1. The summed E-state index contributed by atoms with van der Waals surface area (Å²) >= 11 is 6.46. The first-order valence-corrected chi connectivity index (χ1v) is 10.4. The summed E-state index contributed by atoms with van der Waals surface area (Å²) in [5.74, 6) is 3.31. The Labute approximate surface area is 177 Å². The molecule has 0 amide bonds. The molecule has 0 bridgehead atoms. The Bertz CT molecular complexity index is 1180. The van der Waals surface area contributed by atoms with E-state index >= 15 is 0 Å². The van der Waals surface area contributed by atoms with Crippen LogP contribution in [-0.4, -0.2) is 44.8 Å². The highest BCUT2D eigenvalue weighted by molar-refractivity contribution is 6.33. The number of aromatic nitrogens is 5. The number of nitrogens with one attached hydrogen (secondary N) is 1. The van der Waals surface area contributed by atoms with Crippen LogP contribution in [0.3, 0.4) is 0 Å². The number of ether oxygens (including phenoxy) is 1. The normalized spacial score (nSPS) is 19.5. The van der Waals surface area contributed by atoms with E-state index in [2.05, 4.69) is 30.0 Å². The third kappa shape index (κ3) is 3.22. The smallest absolute Gasteiger partial charge is 0.257 e. The zero-order valence-corrected chi connectivity index (χ0v) is 16.8. The van der Waals surface area contributed by atoms with Gasteiger partial charge < -0.3 is 19.1 Å². The lowest BCUT2D eigenvalue weighted by molar-refractivity contribution is 0.0184. The van der Waals surface area contributed by atoms with E-state index in [1.807, 2.05) is 30.3 Å². The molecule has 3 aromatic heterocycles. The number of benzene rings is 1. The van der Waals surface area contributed by atoms with Gasteiger partial charge in [0.15, 0.2) is 11.9 Å². The molecule has 2 fully saturated rings. The highest BCUT2D eigenvalue weighted by Crippen LogP contribution is 2.39. The largest absolute Gasteiger partial charge is 0.365 e. The number of rotatable bonds is 4. The molecule has 152 valence electrons. The third-order valence-electron chi connectivity index (χ3n) is 5.55. The summed E-state index contributed by atoms with van der Waals surface area (Å²) in [4.78, 5) is 19.2. The molecule has 4 aromatic rings. The fraction of sp³-hybridized carbons (Fsp3) is 0.333. The van der Waals surface area contributed by atoms with Crippen molar-refractivity contribution in [3.63, 3.8) is 0 Å². The van der Waals surface area contributed by atoms with Gasteiger partial charge in [-0.1, -0.05) is 28.9 Å². The molecule has 1 saturated heterocycles. The van der Waals surface area contributed by atoms with Crippen molar-refractivity contribution in [3.05, 3.63) is 53.3 Å². The highest BCUT2D eigenvalue weighted by Gasteiger charge is 2.32. The number of pyridine rings is 1. The van der Waals surface area contributed by atoms with E-state index in [9.17, 15) is 0 Å². The summed E-state index contributed by atoms with van der Waals surface area (Å²) in [6, 6.07) is 9.87. The van der Waals surface area contributed by atoms with Gasteiger partial charge in [-0.15, -0.1) is 0 Å². The minimum atomic E-state index is -0.272. The number of fused-ring (bicyclic) bond motifs is 1.